The molecular weight excluding hydrogens is 1130 g/mol. The number of aromatic nitrogens is 1. The number of aliphatic imine (C=N–C) groups is 1. The van der Waals surface area contributed by atoms with Crippen molar-refractivity contribution in [2.24, 2.45) is 4.99 Å². The maximum atomic E-state index is 4.60. The minimum absolute atomic E-state index is 0.0888. The smallest absolute Gasteiger partial charge is 0.0492 e. The van der Waals surface area contributed by atoms with Gasteiger partial charge >= 0.3 is 0 Å². The molecule has 0 saturated heterocycles. The number of allylic oxidation sites excluding steroid dienone is 1. The number of nitrogens with zero attached hydrogens (tertiary/aromatic N) is 4. The van der Waals surface area contributed by atoms with E-state index in [0.717, 1.165) is 30.0 Å². The van der Waals surface area contributed by atoms with Gasteiger partial charge in [-0.05, 0) is 200 Å². The lowest BCUT2D eigenvalue weighted by atomic mass is 9.81. The second-order valence-corrected chi connectivity index (χ2v) is 29.4. The maximum Gasteiger partial charge on any atom is 0.0492 e. The van der Waals surface area contributed by atoms with Crippen LogP contribution in [0.4, 0.5) is 28.4 Å². The van der Waals surface area contributed by atoms with Crippen molar-refractivity contribution in [1.29, 1.82) is 0 Å². The Morgan fingerprint density at radius 1 is 0.290 bits per heavy atom. The first kappa shape index (κ1) is 56.8. The summed E-state index contributed by atoms with van der Waals surface area (Å²) in [6.45, 7) is 24.6. The van der Waals surface area contributed by atoms with Crippen LogP contribution in [0.3, 0.4) is 0 Å². The van der Waals surface area contributed by atoms with E-state index in [1.165, 1.54) is 151 Å². The third-order valence-corrected chi connectivity index (χ3v) is 22.3. The van der Waals surface area contributed by atoms with Crippen molar-refractivity contribution in [1.82, 2.24) is 4.98 Å². The van der Waals surface area contributed by atoms with E-state index in [1.54, 1.807) is 0 Å². The molecule has 93 heavy (non-hydrogen) atoms. The average molecular weight is 1200 g/mol. The van der Waals surface area contributed by atoms with Crippen molar-refractivity contribution in [3.63, 3.8) is 0 Å². The summed E-state index contributed by atoms with van der Waals surface area (Å²) < 4.78 is 0. The molecule has 2 heterocycles. The van der Waals surface area contributed by atoms with Crippen LogP contribution < -0.4 is 9.80 Å². The molecule has 4 heteroatoms. The van der Waals surface area contributed by atoms with E-state index in [9.17, 15) is 0 Å². The van der Waals surface area contributed by atoms with E-state index in [1.807, 2.05) is 18.6 Å². The van der Waals surface area contributed by atoms with Gasteiger partial charge in [0.15, 0.2) is 0 Å². The summed E-state index contributed by atoms with van der Waals surface area (Å²) in [6.07, 6.45) is 18.1. The number of hydrogen-bond acceptors (Lipinski definition) is 4. The Balaban J connectivity index is 0.608. The van der Waals surface area contributed by atoms with Crippen LogP contribution >= 0.6 is 0 Å². The lowest BCUT2D eigenvalue weighted by Gasteiger charge is -2.31. The zero-order chi connectivity index (χ0) is 63.5. The first-order valence-electron chi connectivity index (χ1n) is 33.3. The van der Waals surface area contributed by atoms with Gasteiger partial charge in [0.2, 0.25) is 0 Å². The minimum atomic E-state index is -0.215. The van der Waals surface area contributed by atoms with Crippen LogP contribution in [0, 0.1) is 0 Å². The van der Waals surface area contributed by atoms with Gasteiger partial charge in [0.25, 0.3) is 0 Å². The molecule has 452 valence electrons. The zero-order valence-corrected chi connectivity index (χ0v) is 55.0. The zero-order valence-electron chi connectivity index (χ0n) is 55.0. The van der Waals surface area contributed by atoms with Crippen molar-refractivity contribution < 1.29 is 0 Å². The highest BCUT2D eigenvalue weighted by Crippen LogP contribution is 2.57. The number of dihydropyridines is 1. The fourth-order valence-corrected chi connectivity index (χ4v) is 17.1. The van der Waals surface area contributed by atoms with Crippen LogP contribution in [0.5, 0.6) is 0 Å². The molecule has 0 atom stereocenters. The number of pyridine rings is 1. The summed E-state index contributed by atoms with van der Waals surface area (Å²) in [4.78, 5) is 13.9. The standard InChI is InChI=1S/C89H76N4/c1-85(2)75-17-13-11-15-65(75)71-35-27-61(51-81(71)85)92(59-39-43-90-44-40-59)63-29-37-73-69-33-25-57(49-79(69)88(7,8)83(73)53-63)21-19-55-23-31-67-68-32-24-56(48-78(68)87(5,6)77(67)47-55)20-22-58-26-34-70-74-38-30-64(54-84(74)89(9,10)80(70)50-58)93(60-41-45-91-46-42-60)62-28-36-72-66-16-12-14-18-76(66)86(3,4)82(72)52-62/h11-41,43-45,47-54H,42,46H2,1-10H3/b21-19+,22-20+. The van der Waals surface area contributed by atoms with Crippen molar-refractivity contribution in [3.8, 4) is 55.6 Å². The number of benzene rings is 10. The highest BCUT2D eigenvalue weighted by molar-refractivity contribution is 5.92. The predicted octanol–water partition coefficient (Wildman–Crippen LogP) is 22.9. The highest BCUT2D eigenvalue weighted by atomic mass is 15.2. The average Bonchev–Trinajstić information content (AvgIpc) is 1.62. The van der Waals surface area contributed by atoms with E-state index in [-0.39, 0.29) is 27.1 Å². The van der Waals surface area contributed by atoms with Gasteiger partial charge in [-0.15, -0.1) is 0 Å². The summed E-state index contributed by atoms with van der Waals surface area (Å²) in [7, 11) is 0. The van der Waals surface area contributed by atoms with Gasteiger partial charge in [-0.1, -0.05) is 239 Å². The molecule has 6 aliphatic rings. The van der Waals surface area contributed by atoms with Crippen LogP contribution in [0.15, 0.2) is 235 Å². The van der Waals surface area contributed by atoms with Crippen LogP contribution in [0.25, 0.3) is 79.9 Å². The Hall–Kier alpha value is -10.2. The molecule has 1 aliphatic heterocycles. The Morgan fingerprint density at radius 3 is 0.914 bits per heavy atom. The lowest BCUT2D eigenvalue weighted by Crippen LogP contribution is -2.21. The fourth-order valence-electron chi connectivity index (χ4n) is 17.1. The number of hydrogen-bond donors (Lipinski definition) is 0. The third-order valence-electron chi connectivity index (χ3n) is 22.3. The minimum Gasteiger partial charge on any atom is -0.314 e. The van der Waals surface area contributed by atoms with Gasteiger partial charge in [0.05, 0.1) is 0 Å². The SMILES string of the molecule is CC1(C)c2cc(/C=C/c3ccc4c(c3)C(C)(C)c3cc(N(C5=CC=NCC5)c5ccc6c(c5)C(C)(C)c5ccccc5-6)ccc3-4)ccc2-c2ccc(/C=C/c3ccc4c(c3)C(C)(C)c3cc(N(c5ccncc5)c5ccc6c(c5)C(C)(C)c5ccccc5-6)ccc3-4)cc21. The largest absolute Gasteiger partial charge is 0.314 e. The normalized spacial score (nSPS) is 16.8. The van der Waals surface area contributed by atoms with E-state index >= 15 is 0 Å². The van der Waals surface area contributed by atoms with Gasteiger partial charge in [-0.25, -0.2) is 0 Å². The van der Waals surface area contributed by atoms with E-state index in [4.69, 9.17) is 0 Å². The Kier molecular flexibility index (Phi) is 12.5. The molecule has 4 nitrogen and oxygen atoms in total. The molecule has 17 rings (SSSR count). The molecule has 5 aliphatic carbocycles. The lowest BCUT2D eigenvalue weighted by molar-refractivity contribution is 0.659. The molecule has 0 radical (unpaired) electrons. The maximum absolute atomic E-state index is 4.60. The fraction of sp³-hybridized carbons (Fsp3) is 0.191. The van der Waals surface area contributed by atoms with Gasteiger partial charge < -0.3 is 9.80 Å². The van der Waals surface area contributed by atoms with Crippen LogP contribution in [0.1, 0.15) is 154 Å². The third kappa shape index (κ3) is 8.63. The number of anilines is 5. The molecule has 0 fully saturated rings. The Labute approximate surface area is 548 Å². The molecular formula is C89H76N4. The summed E-state index contributed by atoms with van der Waals surface area (Å²) >= 11 is 0. The van der Waals surface area contributed by atoms with Gasteiger partial charge in [0.1, 0.15) is 0 Å². The van der Waals surface area contributed by atoms with Crippen LogP contribution in [-0.2, 0) is 27.1 Å². The highest BCUT2D eigenvalue weighted by Gasteiger charge is 2.42. The summed E-state index contributed by atoms with van der Waals surface area (Å²) in [5, 5.41) is 0. The summed E-state index contributed by atoms with van der Waals surface area (Å²) in [5.41, 5.74) is 38.0. The topological polar surface area (TPSA) is 31.7 Å². The summed E-state index contributed by atoms with van der Waals surface area (Å²) in [6, 6.07) is 78.7. The molecule has 0 bridgehead atoms. The first-order chi connectivity index (χ1) is 44.8. The molecule has 0 spiro atoms. The number of rotatable bonds is 10. The molecule has 0 unspecified atom stereocenters. The van der Waals surface area contributed by atoms with E-state index < -0.39 is 0 Å². The number of fused-ring (bicyclic) bond motifs is 15. The van der Waals surface area contributed by atoms with E-state index in [2.05, 4.69) is 326 Å². The van der Waals surface area contributed by atoms with Gasteiger partial charge in [-0.3, -0.25) is 9.98 Å². The first-order valence-corrected chi connectivity index (χ1v) is 33.3. The van der Waals surface area contributed by atoms with E-state index in [0.29, 0.717) is 0 Å². The molecule has 0 amide bonds. The second kappa shape index (κ2) is 20.4. The van der Waals surface area contributed by atoms with Crippen molar-refractivity contribution in [2.45, 2.75) is 103 Å². The second-order valence-electron chi connectivity index (χ2n) is 29.4. The molecule has 0 N–H and O–H groups in total. The van der Waals surface area contributed by atoms with Crippen LogP contribution in [0.2, 0.25) is 0 Å². The molecule has 1 aromatic heterocycles. The van der Waals surface area contributed by atoms with Crippen molar-refractivity contribution in [2.75, 3.05) is 16.3 Å². The van der Waals surface area contributed by atoms with Crippen molar-refractivity contribution >= 4 is 59.0 Å². The molecule has 11 aromatic rings. The monoisotopic (exact) mass is 1200 g/mol. The molecule has 10 aromatic carbocycles. The quantitative estimate of drug-likeness (QED) is 0.128. The Bertz CT molecular complexity index is 5130. The predicted molar refractivity (Wildman–Crippen MR) is 392 cm³/mol. The van der Waals surface area contributed by atoms with Crippen molar-refractivity contribution in [3.05, 3.63) is 308 Å². The van der Waals surface area contributed by atoms with Crippen LogP contribution in [-0.4, -0.2) is 17.7 Å². The summed E-state index contributed by atoms with van der Waals surface area (Å²) in [5.74, 6) is 0. The van der Waals surface area contributed by atoms with Gasteiger partial charge in [-0.2, -0.15) is 0 Å². The van der Waals surface area contributed by atoms with Gasteiger partial charge in [0, 0.05) is 92.8 Å². The Morgan fingerprint density at radius 2 is 0.581 bits per heavy atom. The molecule has 0 saturated carbocycles.